The van der Waals surface area contributed by atoms with E-state index in [-0.39, 0.29) is 5.54 Å². The highest BCUT2D eigenvalue weighted by atomic mass is 16.5. The van der Waals surface area contributed by atoms with E-state index in [4.69, 9.17) is 10.5 Å². The van der Waals surface area contributed by atoms with E-state index in [1.165, 1.54) is 0 Å². The summed E-state index contributed by atoms with van der Waals surface area (Å²) in [7, 11) is 1.68. The van der Waals surface area contributed by atoms with Crippen molar-refractivity contribution in [3.8, 4) is 5.75 Å². The molecule has 0 fully saturated rings. The third-order valence-corrected chi connectivity index (χ3v) is 2.83. The van der Waals surface area contributed by atoms with Gasteiger partial charge in [0.25, 0.3) is 0 Å². The number of ether oxygens (including phenoxy) is 1. The lowest BCUT2D eigenvalue weighted by atomic mass is 9.90. The molecule has 0 saturated carbocycles. The predicted molar refractivity (Wildman–Crippen MR) is 73.5 cm³/mol. The van der Waals surface area contributed by atoms with Crippen LogP contribution in [0.5, 0.6) is 5.75 Å². The van der Waals surface area contributed by atoms with Gasteiger partial charge >= 0.3 is 0 Å². The van der Waals surface area contributed by atoms with Crippen molar-refractivity contribution in [1.82, 2.24) is 0 Å². The highest BCUT2D eigenvalue weighted by Crippen LogP contribution is 2.24. The molecule has 3 heteroatoms. The summed E-state index contributed by atoms with van der Waals surface area (Å²) in [6.45, 7) is 7.19. The van der Waals surface area contributed by atoms with Crippen molar-refractivity contribution in [1.29, 1.82) is 0 Å². The summed E-state index contributed by atoms with van der Waals surface area (Å²) in [5.41, 5.74) is 6.86. The first-order chi connectivity index (χ1) is 7.99. The van der Waals surface area contributed by atoms with Gasteiger partial charge in [-0.1, -0.05) is 19.9 Å². The third kappa shape index (κ3) is 4.27. The van der Waals surface area contributed by atoms with Gasteiger partial charge in [0, 0.05) is 23.8 Å². The van der Waals surface area contributed by atoms with Crippen LogP contribution in [-0.2, 0) is 0 Å². The Morgan fingerprint density at radius 3 is 2.65 bits per heavy atom. The highest BCUT2D eigenvalue weighted by Gasteiger charge is 2.23. The van der Waals surface area contributed by atoms with Gasteiger partial charge in [0.05, 0.1) is 7.11 Å². The van der Waals surface area contributed by atoms with Gasteiger partial charge in [0.1, 0.15) is 5.75 Å². The second kappa shape index (κ2) is 5.92. The maximum atomic E-state index is 5.88. The van der Waals surface area contributed by atoms with Crippen LogP contribution in [0.3, 0.4) is 0 Å². The second-order valence-electron chi connectivity index (χ2n) is 5.22. The molecule has 17 heavy (non-hydrogen) atoms. The van der Waals surface area contributed by atoms with E-state index in [1.807, 2.05) is 24.3 Å². The molecule has 1 aromatic rings. The molecular formula is C14H24N2O. The summed E-state index contributed by atoms with van der Waals surface area (Å²) in [6.07, 6.45) is 1.04. The molecule has 0 saturated heterocycles. The number of methoxy groups -OCH3 is 1. The first-order valence-electron chi connectivity index (χ1n) is 6.11. The van der Waals surface area contributed by atoms with E-state index < -0.39 is 0 Å². The molecule has 0 amide bonds. The minimum Gasteiger partial charge on any atom is -0.497 e. The van der Waals surface area contributed by atoms with Gasteiger partial charge in [0.15, 0.2) is 0 Å². The number of hydrogen-bond acceptors (Lipinski definition) is 3. The molecule has 3 nitrogen and oxygen atoms in total. The van der Waals surface area contributed by atoms with Crippen molar-refractivity contribution in [2.75, 3.05) is 19.0 Å². The Hall–Kier alpha value is -1.22. The molecule has 0 bridgehead atoms. The summed E-state index contributed by atoms with van der Waals surface area (Å²) in [5.74, 6) is 1.47. The second-order valence-corrected chi connectivity index (χ2v) is 5.22. The SMILES string of the molecule is COc1cccc(NC(C)(CN)CC(C)C)c1. The molecule has 1 unspecified atom stereocenters. The van der Waals surface area contributed by atoms with Crippen molar-refractivity contribution in [2.45, 2.75) is 32.7 Å². The maximum absolute atomic E-state index is 5.88. The number of anilines is 1. The van der Waals surface area contributed by atoms with E-state index in [1.54, 1.807) is 7.11 Å². The zero-order chi connectivity index (χ0) is 12.9. The molecular weight excluding hydrogens is 212 g/mol. The zero-order valence-electron chi connectivity index (χ0n) is 11.3. The normalized spacial score (nSPS) is 14.5. The van der Waals surface area contributed by atoms with Crippen molar-refractivity contribution in [2.24, 2.45) is 11.7 Å². The van der Waals surface area contributed by atoms with E-state index in [9.17, 15) is 0 Å². The maximum Gasteiger partial charge on any atom is 0.120 e. The van der Waals surface area contributed by atoms with Crippen LogP contribution in [-0.4, -0.2) is 19.2 Å². The van der Waals surface area contributed by atoms with Gasteiger partial charge < -0.3 is 15.8 Å². The van der Waals surface area contributed by atoms with Crippen LogP contribution < -0.4 is 15.8 Å². The topological polar surface area (TPSA) is 47.3 Å². The van der Waals surface area contributed by atoms with Crippen molar-refractivity contribution in [3.05, 3.63) is 24.3 Å². The fourth-order valence-corrected chi connectivity index (χ4v) is 2.14. The van der Waals surface area contributed by atoms with Gasteiger partial charge in [0.2, 0.25) is 0 Å². The Labute approximate surface area is 104 Å². The van der Waals surface area contributed by atoms with Gasteiger partial charge in [-0.05, 0) is 31.4 Å². The smallest absolute Gasteiger partial charge is 0.120 e. The first-order valence-corrected chi connectivity index (χ1v) is 6.11. The van der Waals surface area contributed by atoms with Crippen LogP contribution in [0.15, 0.2) is 24.3 Å². The largest absolute Gasteiger partial charge is 0.497 e. The molecule has 1 rings (SSSR count). The summed E-state index contributed by atoms with van der Waals surface area (Å²) >= 11 is 0. The molecule has 0 aliphatic rings. The Morgan fingerprint density at radius 2 is 2.12 bits per heavy atom. The molecule has 0 radical (unpaired) electrons. The minimum atomic E-state index is -0.0689. The van der Waals surface area contributed by atoms with Crippen molar-refractivity contribution in [3.63, 3.8) is 0 Å². The van der Waals surface area contributed by atoms with Crippen LogP contribution >= 0.6 is 0 Å². The summed E-state index contributed by atoms with van der Waals surface area (Å²) in [6, 6.07) is 7.95. The predicted octanol–water partition coefficient (Wildman–Crippen LogP) is 2.87. The molecule has 0 aliphatic carbocycles. The molecule has 0 aromatic heterocycles. The molecule has 0 spiro atoms. The lowest BCUT2D eigenvalue weighted by molar-refractivity contribution is 0.404. The van der Waals surface area contributed by atoms with Crippen LogP contribution in [0.1, 0.15) is 27.2 Å². The average molecular weight is 236 g/mol. The molecule has 0 heterocycles. The van der Waals surface area contributed by atoms with E-state index in [2.05, 4.69) is 26.1 Å². The Balaban J connectivity index is 2.79. The van der Waals surface area contributed by atoms with Crippen LogP contribution in [0.2, 0.25) is 0 Å². The Kier molecular flexibility index (Phi) is 4.82. The molecule has 1 aromatic carbocycles. The number of nitrogens with two attached hydrogens (primary N) is 1. The number of hydrogen-bond donors (Lipinski definition) is 2. The van der Waals surface area contributed by atoms with E-state index in [0.717, 1.165) is 17.9 Å². The van der Waals surface area contributed by atoms with Gasteiger partial charge in [-0.2, -0.15) is 0 Å². The highest BCUT2D eigenvalue weighted by molar-refractivity contribution is 5.50. The first kappa shape index (κ1) is 13.8. The van der Waals surface area contributed by atoms with Crippen molar-refractivity contribution < 1.29 is 4.74 Å². The lowest BCUT2D eigenvalue weighted by Crippen LogP contribution is -2.43. The van der Waals surface area contributed by atoms with E-state index >= 15 is 0 Å². The molecule has 3 N–H and O–H groups in total. The van der Waals surface area contributed by atoms with Crippen molar-refractivity contribution >= 4 is 5.69 Å². The average Bonchev–Trinajstić information content (AvgIpc) is 2.28. The van der Waals surface area contributed by atoms with Gasteiger partial charge in [-0.25, -0.2) is 0 Å². The molecule has 0 aliphatic heterocycles. The minimum absolute atomic E-state index is 0.0689. The number of benzene rings is 1. The standard InChI is InChI=1S/C14H24N2O/c1-11(2)9-14(3,10-15)16-12-6-5-7-13(8-12)17-4/h5-8,11,16H,9-10,15H2,1-4H3. The molecule has 1 atom stereocenters. The van der Waals surface area contributed by atoms with Gasteiger partial charge in [-0.3, -0.25) is 0 Å². The Bertz CT molecular complexity index is 352. The third-order valence-electron chi connectivity index (χ3n) is 2.83. The van der Waals surface area contributed by atoms with Gasteiger partial charge in [-0.15, -0.1) is 0 Å². The number of nitrogens with one attached hydrogen (secondary N) is 1. The summed E-state index contributed by atoms with van der Waals surface area (Å²) in [4.78, 5) is 0. The monoisotopic (exact) mass is 236 g/mol. The molecule has 96 valence electrons. The quantitative estimate of drug-likeness (QED) is 0.798. The van der Waals surface area contributed by atoms with E-state index in [0.29, 0.717) is 12.5 Å². The summed E-state index contributed by atoms with van der Waals surface area (Å²) in [5, 5.41) is 3.51. The van der Waals surface area contributed by atoms with Crippen LogP contribution in [0, 0.1) is 5.92 Å². The zero-order valence-corrected chi connectivity index (χ0v) is 11.3. The van der Waals surface area contributed by atoms with Crippen LogP contribution in [0.25, 0.3) is 0 Å². The fraction of sp³-hybridized carbons (Fsp3) is 0.571. The van der Waals surface area contributed by atoms with Crippen LogP contribution in [0.4, 0.5) is 5.69 Å². The lowest BCUT2D eigenvalue weighted by Gasteiger charge is -2.32. The Morgan fingerprint density at radius 1 is 1.41 bits per heavy atom. The summed E-state index contributed by atoms with van der Waals surface area (Å²) < 4.78 is 5.21. The fourth-order valence-electron chi connectivity index (χ4n) is 2.14. The number of rotatable bonds is 6.